The number of carbonyl (C=O) groups excluding carboxylic acids is 1. The first-order valence-corrected chi connectivity index (χ1v) is 7.61. The lowest BCUT2D eigenvalue weighted by Crippen LogP contribution is -2.45. The van der Waals surface area contributed by atoms with Crippen LogP contribution in [0.25, 0.3) is 0 Å². The smallest absolute Gasteiger partial charge is 0.230 e. The molecule has 0 spiro atoms. The predicted octanol–water partition coefficient (Wildman–Crippen LogP) is 2.52. The molecule has 0 aromatic heterocycles. The number of likely N-dealkylation sites (N-methyl/N-ethyl adjacent to an activating group) is 1. The van der Waals surface area contributed by atoms with Crippen molar-refractivity contribution in [2.24, 2.45) is 0 Å². The molecule has 132 valence electrons. The van der Waals surface area contributed by atoms with Crippen molar-refractivity contribution in [3.8, 4) is 11.5 Å². The fourth-order valence-electron chi connectivity index (χ4n) is 2.24. The van der Waals surface area contributed by atoms with Crippen LogP contribution in [0.1, 0.15) is 33.3 Å². The zero-order valence-electron chi connectivity index (χ0n) is 14.9. The summed E-state index contributed by atoms with van der Waals surface area (Å²) < 4.78 is 10.6. The van der Waals surface area contributed by atoms with E-state index in [2.05, 4.69) is 10.6 Å². The minimum atomic E-state index is -0.647. The Bertz CT molecular complexity index is 507. The number of methoxy groups -OCH3 is 2. The molecule has 0 unspecified atom stereocenters. The molecule has 0 aliphatic carbocycles. The number of amides is 1. The lowest BCUT2D eigenvalue weighted by Gasteiger charge is -2.26. The van der Waals surface area contributed by atoms with Crippen molar-refractivity contribution >= 4 is 18.3 Å². The lowest BCUT2D eigenvalue weighted by molar-refractivity contribution is -0.125. The summed E-state index contributed by atoms with van der Waals surface area (Å²) in [6, 6.07) is 5.82. The van der Waals surface area contributed by atoms with Gasteiger partial charge in [0.05, 0.1) is 19.6 Å². The molecule has 1 aromatic carbocycles. The Morgan fingerprint density at radius 2 is 1.83 bits per heavy atom. The second-order valence-electron chi connectivity index (χ2n) is 5.86. The Labute approximate surface area is 145 Å². The monoisotopic (exact) mass is 344 g/mol. The minimum Gasteiger partial charge on any atom is -0.493 e. The molecule has 0 saturated carbocycles. The van der Waals surface area contributed by atoms with Gasteiger partial charge < -0.3 is 20.1 Å². The summed E-state index contributed by atoms with van der Waals surface area (Å²) in [5.74, 6) is 1.27. The summed E-state index contributed by atoms with van der Waals surface area (Å²) in [6.07, 6.45) is 0. The van der Waals surface area contributed by atoms with Crippen LogP contribution in [0.15, 0.2) is 18.2 Å². The second-order valence-corrected chi connectivity index (χ2v) is 5.86. The van der Waals surface area contributed by atoms with E-state index in [-0.39, 0.29) is 24.4 Å². The summed E-state index contributed by atoms with van der Waals surface area (Å²) in [5.41, 5.74) is 0.240. The van der Waals surface area contributed by atoms with E-state index >= 15 is 0 Å². The summed E-state index contributed by atoms with van der Waals surface area (Å²) >= 11 is 0. The third-order valence-corrected chi connectivity index (χ3v) is 3.79. The molecule has 0 aliphatic rings. The zero-order chi connectivity index (χ0) is 16.8. The van der Waals surface area contributed by atoms with Crippen molar-refractivity contribution in [1.82, 2.24) is 10.6 Å². The lowest BCUT2D eigenvalue weighted by atomic mass is 9.83. The molecule has 0 heterocycles. The molecule has 5 nitrogen and oxygen atoms in total. The van der Waals surface area contributed by atoms with Crippen LogP contribution in [0.4, 0.5) is 0 Å². The molecule has 0 fully saturated rings. The van der Waals surface area contributed by atoms with Gasteiger partial charge in [-0.1, -0.05) is 13.0 Å². The second kappa shape index (κ2) is 9.63. The maximum absolute atomic E-state index is 12.5. The molecule has 6 heteroatoms. The highest BCUT2D eigenvalue weighted by molar-refractivity contribution is 5.87. The van der Waals surface area contributed by atoms with E-state index in [1.165, 1.54) is 0 Å². The topological polar surface area (TPSA) is 59.6 Å². The fourth-order valence-corrected chi connectivity index (χ4v) is 2.24. The summed E-state index contributed by atoms with van der Waals surface area (Å²) in [6.45, 7) is 9.39. The van der Waals surface area contributed by atoms with Crippen molar-refractivity contribution in [2.75, 3.05) is 27.3 Å². The van der Waals surface area contributed by atoms with E-state index in [4.69, 9.17) is 9.47 Å². The van der Waals surface area contributed by atoms with E-state index in [1.54, 1.807) is 14.2 Å². The van der Waals surface area contributed by atoms with Gasteiger partial charge in [0, 0.05) is 12.6 Å². The molecular weight excluding hydrogens is 316 g/mol. The Kier molecular flexibility index (Phi) is 9.02. The number of hydrogen-bond acceptors (Lipinski definition) is 4. The van der Waals surface area contributed by atoms with E-state index < -0.39 is 5.41 Å². The molecule has 0 bridgehead atoms. The van der Waals surface area contributed by atoms with Crippen LogP contribution in [-0.2, 0) is 10.2 Å². The summed E-state index contributed by atoms with van der Waals surface area (Å²) in [7, 11) is 3.18. The van der Waals surface area contributed by atoms with Crippen LogP contribution in [0.2, 0.25) is 0 Å². The predicted molar refractivity (Wildman–Crippen MR) is 96.0 cm³/mol. The SMILES string of the molecule is CCN[C@H](C)CNC(=O)C(C)(C)c1ccc(OC)c(OC)c1.Cl. The zero-order valence-corrected chi connectivity index (χ0v) is 15.7. The van der Waals surface area contributed by atoms with Gasteiger partial charge in [0.1, 0.15) is 0 Å². The maximum Gasteiger partial charge on any atom is 0.230 e. The normalized spacial score (nSPS) is 12.1. The number of ether oxygens (including phenoxy) is 2. The van der Waals surface area contributed by atoms with Gasteiger partial charge in [-0.05, 0) is 45.0 Å². The van der Waals surface area contributed by atoms with Crippen molar-refractivity contribution in [2.45, 2.75) is 39.2 Å². The van der Waals surface area contributed by atoms with Crippen molar-refractivity contribution < 1.29 is 14.3 Å². The highest BCUT2D eigenvalue weighted by atomic mass is 35.5. The first-order valence-electron chi connectivity index (χ1n) is 7.61. The van der Waals surface area contributed by atoms with Crippen LogP contribution in [0, 0.1) is 0 Å². The average Bonchev–Trinajstić information content (AvgIpc) is 2.51. The van der Waals surface area contributed by atoms with Gasteiger partial charge in [0.2, 0.25) is 5.91 Å². The van der Waals surface area contributed by atoms with Crippen LogP contribution < -0.4 is 20.1 Å². The largest absolute Gasteiger partial charge is 0.493 e. The molecule has 1 atom stereocenters. The van der Waals surface area contributed by atoms with Gasteiger partial charge in [-0.15, -0.1) is 12.4 Å². The van der Waals surface area contributed by atoms with E-state index in [0.717, 1.165) is 12.1 Å². The number of rotatable bonds is 8. The van der Waals surface area contributed by atoms with Gasteiger partial charge in [0.25, 0.3) is 0 Å². The van der Waals surface area contributed by atoms with Crippen molar-refractivity contribution in [1.29, 1.82) is 0 Å². The Balaban J connectivity index is 0.00000484. The Hall–Kier alpha value is -1.46. The molecule has 0 radical (unpaired) electrons. The molecule has 2 N–H and O–H groups in total. The van der Waals surface area contributed by atoms with Gasteiger partial charge >= 0.3 is 0 Å². The first kappa shape index (κ1) is 21.5. The van der Waals surface area contributed by atoms with Gasteiger partial charge in [-0.25, -0.2) is 0 Å². The minimum absolute atomic E-state index is 0. The van der Waals surface area contributed by atoms with Gasteiger partial charge in [-0.2, -0.15) is 0 Å². The quantitative estimate of drug-likeness (QED) is 0.760. The molecule has 1 aromatic rings. The molecule has 0 aliphatic heterocycles. The molecular formula is C17H29ClN2O3. The molecule has 0 saturated heterocycles. The van der Waals surface area contributed by atoms with Gasteiger partial charge in [0.15, 0.2) is 11.5 Å². The van der Waals surface area contributed by atoms with E-state index in [9.17, 15) is 4.79 Å². The van der Waals surface area contributed by atoms with E-state index in [0.29, 0.717) is 18.0 Å². The van der Waals surface area contributed by atoms with Crippen LogP contribution in [-0.4, -0.2) is 39.3 Å². The highest BCUT2D eigenvalue weighted by Gasteiger charge is 2.30. The first-order chi connectivity index (χ1) is 10.4. The van der Waals surface area contributed by atoms with Gasteiger partial charge in [-0.3, -0.25) is 4.79 Å². The number of nitrogens with one attached hydrogen (secondary N) is 2. The molecule has 1 rings (SSSR count). The summed E-state index contributed by atoms with van der Waals surface area (Å²) in [4.78, 5) is 12.5. The number of halogens is 1. The third-order valence-electron chi connectivity index (χ3n) is 3.79. The highest BCUT2D eigenvalue weighted by Crippen LogP contribution is 2.33. The van der Waals surface area contributed by atoms with Crippen LogP contribution in [0.3, 0.4) is 0 Å². The van der Waals surface area contributed by atoms with Crippen LogP contribution >= 0.6 is 12.4 Å². The Morgan fingerprint density at radius 1 is 1.22 bits per heavy atom. The number of carbonyl (C=O) groups is 1. The Morgan fingerprint density at radius 3 is 2.35 bits per heavy atom. The molecule has 1 amide bonds. The van der Waals surface area contributed by atoms with Crippen molar-refractivity contribution in [3.63, 3.8) is 0 Å². The summed E-state index contributed by atoms with van der Waals surface area (Å²) in [5, 5.41) is 6.27. The van der Waals surface area contributed by atoms with Crippen LogP contribution in [0.5, 0.6) is 11.5 Å². The number of benzene rings is 1. The average molecular weight is 345 g/mol. The van der Waals surface area contributed by atoms with Crippen molar-refractivity contribution in [3.05, 3.63) is 23.8 Å². The third kappa shape index (κ3) is 5.59. The standard InChI is InChI=1S/C17H28N2O3.ClH/c1-7-18-12(2)11-19-16(20)17(3,4)13-8-9-14(21-5)15(10-13)22-6;/h8-10,12,18H,7,11H2,1-6H3,(H,19,20);1H/t12-;/m1./s1. The number of hydrogen-bond donors (Lipinski definition) is 2. The molecule has 23 heavy (non-hydrogen) atoms. The van der Waals surface area contributed by atoms with E-state index in [1.807, 2.05) is 45.9 Å². The maximum atomic E-state index is 12.5. The fraction of sp³-hybridized carbons (Fsp3) is 0.588.